The normalized spacial score (nSPS) is 22.3. The van der Waals surface area contributed by atoms with Gasteiger partial charge in [0.2, 0.25) is 0 Å². The van der Waals surface area contributed by atoms with Gasteiger partial charge in [0.1, 0.15) is 5.75 Å². The zero-order valence-corrected chi connectivity index (χ0v) is 18.8. The molecule has 4 rings (SSSR count). The van der Waals surface area contributed by atoms with Crippen LogP contribution in [-0.4, -0.2) is 59.0 Å². The van der Waals surface area contributed by atoms with Gasteiger partial charge >= 0.3 is 6.36 Å². The number of carbonyl (C=O) groups is 1. The van der Waals surface area contributed by atoms with Gasteiger partial charge < -0.3 is 20.1 Å². The van der Waals surface area contributed by atoms with E-state index < -0.39 is 24.7 Å². The van der Waals surface area contributed by atoms with E-state index in [1.165, 1.54) is 4.68 Å². The quantitative estimate of drug-likeness (QED) is 0.605. The minimum Gasteiger partial charge on any atom is -0.480 e. The maximum atomic E-state index is 12.5. The van der Waals surface area contributed by atoms with Crippen LogP contribution in [0.15, 0.2) is 37.2 Å². The summed E-state index contributed by atoms with van der Waals surface area (Å²) in [4.78, 5) is 14.3. The molecule has 2 aromatic rings. The molecule has 2 aliphatic rings. The van der Waals surface area contributed by atoms with Crippen molar-refractivity contribution in [1.29, 1.82) is 0 Å². The van der Waals surface area contributed by atoms with Crippen molar-refractivity contribution in [3.8, 4) is 5.75 Å². The van der Waals surface area contributed by atoms with Crippen molar-refractivity contribution in [1.82, 2.24) is 15.1 Å². The van der Waals surface area contributed by atoms with E-state index in [1.54, 1.807) is 35.5 Å². The van der Waals surface area contributed by atoms with Crippen molar-refractivity contribution in [3.63, 3.8) is 0 Å². The molecule has 12 heteroatoms. The third kappa shape index (κ3) is 5.83. The fourth-order valence-corrected chi connectivity index (χ4v) is 4.22. The van der Waals surface area contributed by atoms with Crippen LogP contribution >= 0.6 is 11.6 Å². The number of fused-ring (bicyclic) bond motifs is 1. The zero-order chi connectivity index (χ0) is 24.5. The van der Waals surface area contributed by atoms with Gasteiger partial charge in [-0.3, -0.25) is 9.53 Å². The van der Waals surface area contributed by atoms with E-state index in [0.717, 1.165) is 0 Å². The molecule has 1 amide bonds. The van der Waals surface area contributed by atoms with Crippen LogP contribution in [0.4, 0.5) is 18.9 Å². The third-order valence-corrected chi connectivity index (χ3v) is 5.98. The average Bonchev–Trinajstić information content (AvgIpc) is 3.42. The molecule has 0 radical (unpaired) electrons. The van der Waals surface area contributed by atoms with Crippen LogP contribution < -0.4 is 15.0 Å². The number of nitrogens with zero attached hydrogens (tertiary/aromatic N) is 3. The monoisotopic (exact) mass is 500 g/mol. The van der Waals surface area contributed by atoms with Crippen LogP contribution in [0, 0.1) is 0 Å². The first-order valence-corrected chi connectivity index (χ1v) is 11.1. The summed E-state index contributed by atoms with van der Waals surface area (Å²) >= 11 is 5.95. The molecule has 2 aliphatic heterocycles. The van der Waals surface area contributed by atoms with Gasteiger partial charge in [-0.25, -0.2) is 4.68 Å². The molecule has 0 saturated carbocycles. The van der Waals surface area contributed by atoms with Gasteiger partial charge in [-0.1, -0.05) is 18.2 Å². The second-order valence-electron chi connectivity index (χ2n) is 8.21. The Labute approximate surface area is 198 Å². The molecular formula is C22H24ClF3N4O4. The van der Waals surface area contributed by atoms with Crippen molar-refractivity contribution in [2.75, 3.05) is 24.5 Å². The molecule has 3 atom stereocenters. The van der Waals surface area contributed by atoms with Crippen LogP contribution in [0.2, 0.25) is 5.02 Å². The largest absolute Gasteiger partial charge is 0.522 e. The summed E-state index contributed by atoms with van der Waals surface area (Å²) in [6.07, 6.45) is -3.26. The Morgan fingerprint density at radius 3 is 2.97 bits per heavy atom. The number of alkyl halides is 3. The van der Waals surface area contributed by atoms with E-state index in [-0.39, 0.29) is 31.8 Å². The molecule has 0 bridgehead atoms. The molecular weight excluding hydrogens is 477 g/mol. The lowest BCUT2D eigenvalue weighted by Crippen LogP contribution is -2.41. The smallest absolute Gasteiger partial charge is 0.480 e. The molecule has 1 aromatic heterocycles. The Kier molecular flexibility index (Phi) is 7.06. The first kappa shape index (κ1) is 24.4. The van der Waals surface area contributed by atoms with Crippen LogP contribution in [0.25, 0.3) is 5.70 Å². The number of hydrogen-bond acceptors (Lipinski definition) is 6. The fourth-order valence-electron chi connectivity index (χ4n) is 4.03. The third-order valence-electron chi connectivity index (χ3n) is 5.75. The molecule has 1 unspecified atom stereocenters. The lowest BCUT2D eigenvalue weighted by atomic mass is 9.98. The highest BCUT2D eigenvalue weighted by molar-refractivity contribution is 6.30. The first-order valence-electron chi connectivity index (χ1n) is 10.7. The number of halogens is 4. The van der Waals surface area contributed by atoms with Gasteiger partial charge in [-0.05, 0) is 24.6 Å². The maximum Gasteiger partial charge on any atom is 0.522 e. The van der Waals surface area contributed by atoms with Crippen molar-refractivity contribution < 1.29 is 32.5 Å². The number of amides is 1. The number of carbonyl (C=O) groups excluding carboxylic acids is 1. The van der Waals surface area contributed by atoms with Crippen LogP contribution in [0.1, 0.15) is 30.9 Å². The standard InChI is InChI=1S/C22H24ClF3N4O4/c1-13(30-11-15(10-28-30)29-7-5-16(12-29)34-22(24,25)26)4-6-27-21(32)20-9-18(31)17-8-14(23)2-3-19(17)33-20/h2-3,8,10-11,16,18,20,31H,1,4-7,9,12H2,(H,27,32)/t16?,18-,20-/m1/s1. The predicted molar refractivity (Wildman–Crippen MR) is 118 cm³/mol. The predicted octanol–water partition coefficient (Wildman–Crippen LogP) is 3.51. The molecule has 3 heterocycles. The van der Waals surface area contributed by atoms with Gasteiger partial charge in [0, 0.05) is 48.8 Å². The number of anilines is 1. The topological polar surface area (TPSA) is 88.9 Å². The minimum atomic E-state index is -4.65. The molecule has 184 valence electrons. The number of aromatic nitrogens is 2. The molecule has 1 saturated heterocycles. The Morgan fingerprint density at radius 1 is 1.41 bits per heavy atom. The summed E-state index contributed by atoms with van der Waals surface area (Å²) in [5.41, 5.74) is 1.81. The van der Waals surface area contributed by atoms with Crippen molar-refractivity contribution >= 4 is 28.9 Å². The molecule has 2 N–H and O–H groups in total. The fraction of sp³-hybridized carbons (Fsp3) is 0.455. The van der Waals surface area contributed by atoms with E-state index >= 15 is 0 Å². The minimum absolute atomic E-state index is 0.109. The highest BCUT2D eigenvalue weighted by atomic mass is 35.5. The number of nitrogens with one attached hydrogen (secondary N) is 1. The number of aliphatic hydroxyl groups excluding tert-OH is 1. The number of rotatable bonds is 7. The van der Waals surface area contributed by atoms with Crippen molar-refractivity contribution in [3.05, 3.63) is 47.8 Å². The summed E-state index contributed by atoms with van der Waals surface area (Å²) < 4.78 is 48.6. The Morgan fingerprint density at radius 2 is 2.21 bits per heavy atom. The Bertz CT molecular complexity index is 1060. The van der Waals surface area contributed by atoms with Gasteiger partial charge in [-0.15, -0.1) is 13.2 Å². The van der Waals surface area contributed by atoms with Crippen LogP contribution in [0.3, 0.4) is 0 Å². The van der Waals surface area contributed by atoms with Crippen LogP contribution in [0.5, 0.6) is 5.75 Å². The molecule has 1 fully saturated rings. The van der Waals surface area contributed by atoms with E-state index in [4.69, 9.17) is 16.3 Å². The summed E-state index contributed by atoms with van der Waals surface area (Å²) in [6, 6.07) is 4.86. The average molecular weight is 501 g/mol. The molecule has 8 nitrogen and oxygen atoms in total. The van der Waals surface area contributed by atoms with Crippen molar-refractivity contribution in [2.45, 2.75) is 43.9 Å². The second-order valence-corrected chi connectivity index (χ2v) is 8.65. The zero-order valence-electron chi connectivity index (χ0n) is 18.1. The molecule has 0 spiro atoms. The number of aliphatic hydroxyl groups is 1. The second kappa shape index (κ2) is 9.85. The number of hydrogen-bond donors (Lipinski definition) is 2. The highest BCUT2D eigenvalue weighted by Crippen LogP contribution is 2.36. The van der Waals surface area contributed by atoms with E-state index in [0.29, 0.717) is 40.7 Å². The number of benzene rings is 1. The Balaban J connectivity index is 1.24. The van der Waals surface area contributed by atoms with E-state index in [1.807, 2.05) is 0 Å². The molecule has 34 heavy (non-hydrogen) atoms. The van der Waals surface area contributed by atoms with Gasteiger partial charge in [0.15, 0.2) is 6.10 Å². The Hall–Kier alpha value is -2.76. The molecule has 0 aliphatic carbocycles. The summed E-state index contributed by atoms with van der Waals surface area (Å²) in [5.74, 6) is 0.0583. The van der Waals surface area contributed by atoms with E-state index in [2.05, 4.69) is 21.7 Å². The van der Waals surface area contributed by atoms with Gasteiger partial charge in [0.25, 0.3) is 5.91 Å². The lowest BCUT2D eigenvalue weighted by Gasteiger charge is -2.29. The van der Waals surface area contributed by atoms with Gasteiger partial charge in [-0.2, -0.15) is 5.10 Å². The first-order chi connectivity index (χ1) is 16.1. The van der Waals surface area contributed by atoms with Crippen LogP contribution in [-0.2, 0) is 9.53 Å². The summed E-state index contributed by atoms with van der Waals surface area (Å²) in [7, 11) is 0. The summed E-state index contributed by atoms with van der Waals surface area (Å²) in [6.45, 7) is 4.78. The summed E-state index contributed by atoms with van der Waals surface area (Å²) in [5, 5.41) is 17.8. The lowest BCUT2D eigenvalue weighted by molar-refractivity contribution is -0.339. The number of ether oxygens (including phenoxy) is 2. The highest BCUT2D eigenvalue weighted by Gasteiger charge is 2.37. The van der Waals surface area contributed by atoms with Gasteiger partial charge in [0.05, 0.1) is 30.3 Å². The maximum absolute atomic E-state index is 12.5. The molecule has 1 aromatic carbocycles. The van der Waals surface area contributed by atoms with Crippen molar-refractivity contribution in [2.24, 2.45) is 0 Å². The van der Waals surface area contributed by atoms with E-state index in [9.17, 15) is 23.1 Å². The SMILES string of the molecule is C=C(CCNC(=O)[C@H]1C[C@@H](O)c2cc(Cl)ccc2O1)n1cc(N2CCC(OC(F)(F)F)C2)cn1.